The van der Waals surface area contributed by atoms with Crippen LogP contribution in [0.5, 0.6) is 5.75 Å². The SMILES string of the molecule is OPOc1ccccc1-c1ccccc1. The Labute approximate surface area is 90.5 Å². The lowest BCUT2D eigenvalue weighted by atomic mass is 10.1. The molecule has 2 aromatic rings. The Bertz CT molecular complexity index is 429. The summed E-state index contributed by atoms with van der Waals surface area (Å²) < 4.78 is 5.17. The highest BCUT2D eigenvalue weighted by molar-refractivity contribution is 7.25. The minimum atomic E-state index is -0.524. The second-order valence-corrected chi connectivity index (χ2v) is 3.44. The van der Waals surface area contributed by atoms with Crippen LogP contribution in [0.3, 0.4) is 0 Å². The van der Waals surface area contributed by atoms with E-state index in [-0.39, 0.29) is 0 Å². The molecule has 2 rings (SSSR count). The molecule has 0 fully saturated rings. The molecule has 0 aliphatic rings. The Hall–Kier alpha value is -1.37. The largest absolute Gasteiger partial charge is 0.449 e. The van der Waals surface area contributed by atoms with Gasteiger partial charge in [-0.25, -0.2) is 0 Å². The topological polar surface area (TPSA) is 29.5 Å². The van der Waals surface area contributed by atoms with Crippen LogP contribution in [0, 0.1) is 0 Å². The van der Waals surface area contributed by atoms with Crippen LogP contribution in [-0.2, 0) is 0 Å². The quantitative estimate of drug-likeness (QED) is 0.801. The zero-order valence-electron chi connectivity index (χ0n) is 8.05. The maximum absolute atomic E-state index is 8.80. The molecule has 15 heavy (non-hydrogen) atoms. The molecule has 0 amide bonds. The van der Waals surface area contributed by atoms with E-state index in [0.29, 0.717) is 5.75 Å². The fraction of sp³-hybridized carbons (Fsp3) is 0. The van der Waals surface area contributed by atoms with Gasteiger partial charge in [-0.05, 0) is 11.6 Å². The standard InChI is InChI=1S/C12H11O2P/c13-15-14-12-9-5-4-8-11(12)10-6-2-1-3-7-10/h1-9,13,15H. The van der Waals surface area contributed by atoms with Gasteiger partial charge in [-0.1, -0.05) is 48.5 Å². The van der Waals surface area contributed by atoms with Gasteiger partial charge in [0, 0.05) is 5.56 Å². The van der Waals surface area contributed by atoms with Crippen molar-refractivity contribution >= 4 is 9.03 Å². The van der Waals surface area contributed by atoms with Crippen molar-refractivity contribution < 1.29 is 9.42 Å². The van der Waals surface area contributed by atoms with E-state index in [9.17, 15) is 0 Å². The van der Waals surface area contributed by atoms with Crippen LogP contribution in [0.25, 0.3) is 11.1 Å². The van der Waals surface area contributed by atoms with Crippen LogP contribution < -0.4 is 4.52 Å². The summed E-state index contributed by atoms with van der Waals surface area (Å²) in [4.78, 5) is 8.80. The van der Waals surface area contributed by atoms with E-state index in [1.54, 1.807) is 0 Å². The average Bonchev–Trinajstić information content (AvgIpc) is 2.31. The van der Waals surface area contributed by atoms with Crippen molar-refractivity contribution in [1.29, 1.82) is 0 Å². The van der Waals surface area contributed by atoms with Crippen LogP contribution in [0.15, 0.2) is 54.6 Å². The van der Waals surface area contributed by atoms with E-state index in [2.05, 4.69) is 0 Å². The Morgan fingerprint density at radius 1 is 0.867 bits per heavy atom. The van der Waals surface area contributed by atoms with Gasteiger partial charge in [0.05, 0.1) is 0 Å². The molecular formula is C12H11O2P. The first-order valence-corrected chi connectivity index (χ1v) is 5.48. The summed E-state index contributed by atoms with van der Waals surface area (Å²) in [6.45, 7) is 0. The normalized spacial score (nSPS) is 10.7. The Kier molecular flexibility index (Phi) is 3.33. The lowest BCUT2D eigenvalue weighted by molar-refractivity contribution is 0.515. The van der Waals surface area contributed by atoms with Gasteiger partial charge in [-0.3, -0.25) is 0 Å². The highest BCUT2D eigenvalue weighted by Crippen LogP contribution is 2.31. The first-order chi connectivity index (χ1) is 7.42. The minimum Gasteiger partial charge on any atom is -0.449 e. The van der Waals surface area contributed by atoms with Crippen LogP contribution in [0.1, 0.15) is 0 Å². The molecule has 1 atom stereocenters. The summed E-state index contributed by atoms with van der Waals surface area (Å²) in [5.41, 5.74) is 2.09. The van der Waals surface area contributed by atoms with E-state index in [1.165, 1.54) is 0 Å². The summed E-state index contributed by atoms with van der Waals surface area (Å²) >= 11 is 0. The van der Waals surface area contributed by atoms with E-state index in [0.717, 1.165) is 11.1 Å². The van der Waals surface area contributed by atoms with Crippen LogP contribution in [0.4, 0.5) is 0 Å². The number of para-hydroxylation sites is 1. The third kappa shape index (κ3) is 2.35. The van der Waals surface area contributed by atoms with Crippen molar-refractivity contribution in [2.45, 2.75) is 0 Å². The van der Waals surface area contributed by atoms with Crippen molar-refractivity contribution in [2.24, 2.45) is 0 Å². The van der Waals surface area contributed by atoms with Crippen LogP contribution in [0.2, 0.25) is 0 Å². The second kappa shape index (κ2) is 4.92. The average molecular weight is 218 g/mol. The van der Waals surface area contributed by atoms with Gasteiger partial charge in [-0.15, -0.1) is 0 Å². The molecule has 0 bridgehead atoms. The first kappa shape index (κ1) is 10.2. The molecular weight excluding hydrogens is 207 g/mol. The molecule has 0 saturated carbocycles. The molecule has 2 aromatic carbocycles. The fourth-order valence-corrected chi connectivity index (χ4v) is 1.74. The number of hydrogen-bond acceptors (Lipinski definition) is 2. The molecule has 0 spiro atoms. The predicted molar refractivity (Wildman–Crippen MR) is 63.0 cm³/mol. The summed E-state index contributed by atoms with van der Waals surface area (Å²) in [6.07, 6.45) is 0. The summed E-state index contributed by atoms with van der Waals surface area (Å²) in [6, 6.07) is 17.6. The van der Waals surface area contributed by atoms with Gasteiger partial charge in [0.2, 0.25) is 9.03 Å². The fourth-order valence-electron chi connectivity index (χ4n) is 1.46. The molecule has 76 valence electrons. The van der Waals surface area contributed by atoms with E-state index in [1.807, 2.05) is 54.6 Å². The summed E-state index contributed by atoms with van der Waals surface area (Å²) in [7, 11) is -0.524. The summed E-state index contributed by atoms with van der Waals surface area (Å²) in [5.74, 6) is 0.713. The maximum atomic E-state index is 8.80. The molecule has 0 aliphatic carbocycles. The maximum Gasteiger partial charge on any atom is 0.212 e. The van der Waals surface area contributed by atoms with Gasteiger partial charge in [0.25, 0.3) is 0 Å². The Morgan fingerprint density at radius 2 is 1.53 bits per heavy atom. The van der Waals surface area contributed by atoms with E-state index in [4.69, 9.17) is 9.42 Å². The Morgan fingerprint density at radius 3 is 2.27 bits per heavy atom. The Balaban J connectivity index is 2.43. The molecule has 2 nitrogen and oxygen atoms in total. The van der Waals surface area contributed by atoms with Gasteiger partial charge < -0.3 is 9.42 Å². The molecule has 0 radical (unpaired) electrons. The van der Waals surface area contributed by atoms with Crippen LogP contribution >= 0.6 is 9.03 Å². The monoisotopic (exact) mass is 218 g/mol. The molecule has 0 saturated heterocycles. The third-order valence-corrected chi connectivity index (χ3v) is 2.44. The number of rotatable bonds is 3. The van der Waals surface area contributed by atoms with Gasteiger partial charge in [0.15, 0.2) is 0 Å². The minimum absolute atomic E-state index is 0.524. The number of hydrogen-bond donors (Lipinski definition) is 1. The zero-order chi connectivity index (χ0) is 10.5. The molecule has 0 aliphatic heterocycles. The molecule has 1 unspecified atom stereocenters. The van der Waals surface area contributed by atoms with Crippen molar-refractivity contribution in [3.05, 3.63) is 54.6 Å². The number of benzene rings is 2. The first-order valence-electron chi connectivity index (χ1n) is 4.62. The molecule has 0 aromatic heterocycles. The van der Waals surface area contributed by atoms with Crippen LogP contribution in [-0.4, -0.2) is 4.89 Å². The van der Waals surface area contributed by atoms with Gasteiger partial charge >= 0.3 is 0 Å². The zero-order valence-corrected chi connectivity index (χ0v) is 9.05. The highest BCUT2D eigenvalue weighted by Gasteiger charge is 2.03. The lowest BCUT2D eigenvalue weighted by Crippen LogP contribution is -1.83. The van der Waals surface area contributed by atoms with Crippen molar-refractivity contribution in [3.63, 3.8) is 0 Å². The lowest BCUT2D eigenvalue weighted by Gasteiger charge is -2.08. The molecule has 0 heterocycles. The van der Waals surface area contributed by atoms with Crippen molar-refractivity contribution in [2.75, 3.05) is 0 Å². The van der Waals surface area contributed by atoms with Gasteiger partial charge in [-0.2, -0.15) is 0 Å². The van der Waals surface area contributed by atoms with E-state index < -0.39 is 9.03 Å². The van der Waals surface area contributed by atoms with Gasteiger partial charge in [0.1, 0.15) is 5.75 Å². The third-order valence-electron chi connectivity index (χ3n) is 2.13. The smallest absolute Gasteiger partial charge is 0.212 e. The molecule has 1 N–H and O–H groups in total. The predicted octanol–water partition coefficient (Wildman–Crippen LogP) is 3.23. The summed E-state index contributed by atoms with van der Waals surface area (Å²) in [5, 5.41) is 0. The highest BCUT2D eigenvalue weighted by atomic mass is 31.1. The van der Waals surface area contributed by atoms with Crippen molar-refractivity contribution in [1.82, 2.24) is 0 Å². The van der Waals surface area contributed by atoms with E-state index >= 15 is 0 Å². The van der Waals surface area contributed by atoms with Crippen molar-refractivity contribution in [3.8, 4) is 16.9 Å². The second-order valence-electron chi connectivity index (χ2n) is 3.06. The molecule has 3 heteroatoms.